The molecule has 0 unspecified atom stereocenters. The Morgan fingerprint density at radius 1 is 0.964 bits per heavy atom. The molecule has 0 amide bonds. The monoisotopic (exact) mass is 383 g/mol. The van der Waals surface area contributed by atoms with Gasteiger partial charge in [-0.3, -0.25) is 0 Å². The lowest BCUT2D eigenvalue weighted by molar-refractivity contribution is -0.0394. The van der Waals surface area contributed by atoms with Crippen LogP contribution in [0.4, 0.5) is 0 Å². The summed E-state index contributed by atoms with van der Waals surface area (Å²) in [5, 5.41) is 3.54. The lowest BCUT2D eigenvalue weighted by Gasteiger charge is -2.23. The van der Waals surface area contributed by atoms with Crippen LogP contribution in [0.3, 0.4) is 0 Å². The smallest absolute Gasteiger partial charge is 0.124 e. The third kappa shape index (κ3) is 6.33. The maximum Gasteiger partial charge on any atom is 0.124 e. The van der Waals surface area contributed by atoms with E-state index >= 15 is 0 Å². The van der Waals surface area contributed by atoms with Gasteiger partial charge in [-0.05, 0) is 48.1 Å². The molecule has 2 aromatic rings. The van der Waals surface area contributed by atoms with Gasteiger partial charge in [0.1, 0.15) is 5.75 Å². The quantitative estimate of drug-likeness (QED) is 0.649. The second-order valence-electron chi connectivity index (χ2n) is 7.44. The first kappa shape index (κ1) is 20.8. The average Bonchev–Trinajstić information content (AvgIpc) is 2.74. The zero-order valence-corrected chi connectivity index (χ0v) is 17.2. The second-order valence-corrected chi connectivity index (χ2v) is 7.44. The van der Waals surface area contributed by atoms with Gasteiger partial charge in [0.2, 0.25) is 0 Å². The van der Waals surface area contributed by atoms with E-state index in [0.29, 0.717) is 6.61 Å². The van der Waals surface area contributed by atoms with Crippen LogP contribution < -0.4 is 10.1 Å². The summed E-state index contributed by atoms with van der Waals surface area (Å²) >= 11 is 0. The van der Waals surface area contributed by atoms with E-state index in [1.54, 1.807) is 7.11 Å². The molecule has 0 aromatic heterocycles. The van der Waals surface area contributed by atoms with Gasteiger partial charge in [-0.2, -0.15) is 0 Å². The number of nitrogens with one attached hydrogen (secondary N) is 1. The molecule has 1 fully saturated rings. The molecule has 28 heavy (non-hydrogen) atoms. The molecule has 1 heterocycles. The van der Waals surface area contributed by atoms with Gasteiger partial charge in [-0.1, -0.05) is 43.7 Å². The number of rotatable bonds is 10. The van der Waals surface area contributed by atoms with E-state index < -0.39 is 0 Å². The van der Waals surface area contributed by atoms with Crippen LogP contribution in [-0.4, -0.2) is 26.4 Å². The van der Waals surface area contributed by atoms with Gasteiger partial charge in [-0.15, -0.1) is 0 Å². The molecule has 152 valence electrons. The molecular weight excluding hydrogens is 350 g/mol. The zero-order valence-electron chi connectivity index (χ0n) is 17.2. The predicted molar refractivity (Wildman–Crippen MR) is 113 cm³/mol. The summed E-state index contributed by atoms with van der Waals surface area (Å²) in [5.41, 5.74) is 5.08. The van der Waals surface area contributed by atoms with Crippen LogP contribution in [0.25, 0.3) is 0 Å². The maximum absolute atomic E-state index is 6.09. The van der Waals surface area contributed by atoms with Crippen molar-refractivity contribution in [2.24, 2.45) is 0 Å². The Kier molecular flexibility index (Phi) is 8.34. The Hall–Kier alpha value is -1.88. The minimum atomic E-state index is 0.288. The van der Waals surface area contributed by atoms with Crippen molar-refractivity contribution < 1.29 is 14.2 Å². The van der Waals surface area contributed by atoms with Crippen LogP contribution in [0.5, 0.6) is 5.75 Å². The standard InChI is InChI=1S/C24H33NO3/c1-3-4-19-5-7-20(8-6-19)16-25-17-21-9-10-24(26-2)22(15-21)18-28-23-11-13-27-14-12-23/h5-10,15,23,25H,3-4,11-14,16-18H2,1-2H3. The van der Waals surface area contributed by atoms with E-state index in [2.05, 4.69) is 48.6 Å². The normalized spacial score (nSPS) is 14.9. The van der Waals surface area contributed by atoms with Gasteiger partial charge in [0.25, 0.3) is 0 Å². The van der Waals surface area contributed by atoms with E-state index in [9.17, 15) is 0 Å². The highest BCUT2D eigenvalue weighted by Gasteiger charge is 2.15. The molecule has 3 rings (SSSR count). The van der Waals surface area contributed by atoms with Crippen LogP contribution in [0.2, 0.25) is 0 Å². The molecule has 1 aliphatic heterocycles. The molecule has 0 radical (unpaired) electrons. The summed E-state index contributed by atoms with van der Waals surface area (Å²) in [5.74, 6) is 0.891. The SMILES string of the molecule is CCCc1ccc(CNCc2ccc(OC)c(COC3CCOCC3)c2)cc1. The molecule has 4 heteroatoms. The predicted octanol–water partition coefficient (Wildman–Crippen LogP) is 4.63. The van der Waals surface area contributed by atoms with E-state index in [0.717, 1.165) is 56.9 Å². The molecule has 2 aromatic carbocycles. The maximum atomic E-state index is 6.09. The van der Waals surface area contributed by atoms with Gasteiger partial charge in [0.15, 0.2) is 0 Å². The average molecular weight is 384 g/mol. The van der Waals surface area contributed by atoms with Crippen molar-refractivity contribution in [2.45, 2.75) is 58.4 Å². The Labute approximate surface area is 169 Å². The van der Waals surface area contributed by atoms with Crippen LogP contribution >= 0.6 is 0 Å². The second kappa shape index (κ2) is 11.2. The first-order chi connectivity index (χ1) is 13.8. The number of hydrogen-bond acceptors (Lipinski definition) is 4. The van der Waals surface area contributed by atoms with Gasteiger partial charge >= 0.3 is 0 Å². The number of hydrogen-bond donors (Lipinski definition) is 1. The summed E-state index contributed by atoms with van der Waals surface area (Å²) in [4.78, 5) is 0. The molecule has 0 aliphatic carbocycles. The van der Waals surface area contributed by atoms with Crippen molar-refractivity contribution >= 4 is 0 Å². The summed E-state index contributed by atoms with van der Waals surface area (Å²) < 4.78 is 17.0. The summed E-state index contributed by atoms with van der Waals surface area (Å²) in [6, 6.07) is 15.3. The van der Waals surface area contributed by atoms with Gasteiger partial charge in [0, 0.05) is 31.9 Å². The van der Waals surface area contributed by atoms with Gasteiger partial charge in [-0.25, -0.2) is 0 Å². The van der Waals surface area contributed by atoms with Crippen LogP contribution in [-0.2, 0) is 35.6 Å². The Morgan fingerprint density at radius 2 is 1.64 bits per heavy atom. The number of benzene rings is 2. The highest BCUT2D eigenvalue weighted by atomic mass is 16.5. The van der Waals surface area contributed by atoms with Gasteiger partial charge < -0.3 is 19.5 Å². The lowest BCUT2D eigenvalue weighted by atomic mass is 10.1. The van der Waals surface area contributed by atoms with Crippen molar-refractivity contribution in [3.05, 3.63) is 64.7 Å². The first-order valence-electron chi connectivity index (χ1n) is 10.4. The lowest BCUT2D eigenvalue weighted by Crippen LogP contribution is -2.23. The molecule has 0 atom stereocenters. The fraction of sp³-hybridized carbons (Fsp3) is 0.500. The molecular formula is C24H33NO3. The minimum Gasteiger partial charge on any atom is -0.496 e. The molecule has 4 nitrogen and oxygen atoms in total. The number of ether oxygens (including phenoxy) is 3. The van der Waals surface area contributed by atoms with E-state index in [4.69, 9.17) is 14.2 Å². The highest BCUT2D eigenvalue weighted by Crippen LogP contribution is 2.23. The number of methoxy groups -OCH3 is 1. The molecule has 0 saturated carbocycles. The largest absolute Gasteiger partial charge is 0.496 e. The fourth-order valence-electron chi connectivity index (χ4n) is 3.57. The fourth-order valence-corrected chi connectivity index (χ4v) is 3.57. The molecule has 0 spiro atoms. The van der Waals surface area contributed by atoms with E-state index in [1.807, 2.05) is 6.07 Å². The Morgan fingerprint density at radius 3 is 2.36 bits per heavy atom. The third-order valence-electron chi connectivity index (χ3n) is 5.21. The Balaban J connectivity index is 1.51. The molecule has 1 N–H and O–H groups in total. The van der Waals surface area contributed by atoms with Crippen LogP contribution in [0.1, 0.15) is 48.4 Å². The summed E-state index contributed by atoms with van der Waals surface area (Å²) in [6.07, 6.45) is 4.57. The van der Waals surface area contributed by atoms with Crippen molar-refractivity contribution in [3.63, 3.8) is 0 Å². The van der Waals surface area contributed by atoms with Crippen molar-refractivity contribution in [2.75, 3.05) is 20.3 Å². The molecule has 0 bridgehead atoms. The zero-order chi connectivity index (χ0) is 19.6. The van der Waals surface area contributed by atoms with Crippen molar-refractivity contribution in [1.29, 1.82) is 0 Å². The van der Waals surface area contributed by atoms with E-state index in [1.165, 1.54) is 23.1 Å². The third-order valence-corrected chi connectivity index (χ3v) is 5.21. The van der Waals surface area contributed by atoms with Crippen molar-refractivity contribution in [3.8, 4) is 5.75 Å². The first-order valence-corrected chi connectivity index (χ1v) is 10.4. The summed E-state index contributed by atoms with van der Waals surface area (Å²) in [6.45, 7) is 6.08. The molecule has 1 saturated heterocycles. The van der Waals surface area contributed by atoms with E-state index in [-0.39, 0.29) is 6.10 Å². The number of aryl methyl sites for hydroxylation is 1. The minimum absolute atomic E-state index is 0.288. The summed E-state index contributed by atoms with van der Waals surface area (Å²) in [7, 11) is 1.72. The highest BCUT2D eigenvalue weighted by molar-refractivity contribution is 5.37. The Bertz CT molecular complexity index is 708. The van der Waals surface area contributed by atoms with Crippen molar-refractivity contribution in [1.82, 2.24) is 5.32 Å². The van der Waals surface area contributed by atoms with Gasteiger partial charge in [0.05, 0.1) is 19.8 Å². The van der Waals surface area contributed by atoms with Crippen LogP contribution in [0.15, 0.2) is 42.5 Å². The van der Waals surface area contributed by atoms with Crippen LogP contribution in [0, 0.1) is 0 Å². The molecule has 1 aliphatic rings. The topological polar surface area (TPSA) is 39.7 Å².